The molecule has 4 heteroatoms. The molecule has 0 aliphatic carbocycles. The van der Waals surface area contributed by atoms with Crippen LogP contribution in [0.4, 0.5) is 0 Å². The average Bonchev–Trinajstić information content (AvgIpc) is 2.82. The molecule has 1 saturated heterocycles. The fourth-order valence-electron chi connectivity index (χ4n) is 3.41. The molecule has 3 N–H and O–H groups in total. The van der Waals surface area contributed by atoms with Crippen LogP contribution in [0.5, 0.6) is 0 Å². The molecule has 2 aromatic rings. The number of piperidine rings is 1. The van der Waals surface area contributed by atoms with E-state index in [1.54, 1.807) is 0 Å². The van der Waals surface area contributed by atoms with Crippen molar-refractivity contribution in [2.24, 2.45) is 11.7 Å². The Balaban J connectivity index is 1.81. The summed E-state index contributed by atoms with van der Waals surface area (Å²) in [6.45, 7) is 7.34. The Morgan fingerprint density at radius 3 is 2.86 bits per heavy atom. The number of aromatic amines is 1. The van der Waals surface area contributed by atoms with Crippen molar-refractivity contribution in [3.05, 3.63) is 34.5 Å². The van der Waals surface area contributed by atoms with Gasteiger partial charge in [-0.3, -0.25) is 4.90 Å². The number of likely N-dealkylation sites (tertiary alicyclic amines) is 1. The lowest BCUT2D eigenvalue weighted by Gasteiger charge is -2.36. The highest BCUT2D eigenvalue weighted by Gasteiger charge is 2.23. The summed E-state index contributed by atoms with van der Waals surface area (Å²) in [6.07, 6.45) is 2.59. The smallest absolute Gasteiger partial charge is 0.0460 e. The van der Waals surface area contributed by atoms with Gasteiger partial charge in [0.2, 0.25) is 0 Å². The Morgan fingerprint density at radius 2 is 2.14 bits per heavy atom. The number of nitrogens with zero attached hydrogens (tertiary/aromatic N) is 1. The Kier molecular flexibility index (Phi) is 4.25. The number of benzene rings is 1. The predicted molar refractivity (Wildman–Crippen MR) is 89.5 cm³/mol. The number of rotatable bonds is 3. The van der Waals surface area contributed by atoms with Crippen molar-refractivity contribution < 1.29 is 0 Å². The highest BCUT2D eigenvalue weighted by molar-refractivity contribution is 6.32. The summed E-state index contributed by atoms with van der Waals surface area (Å²) >= 11 is 6.24. The lowest BCUT2D eigenvalue weighted by atomic mass is 9.93. The Hall–Kier alpha value is -1.03. The first-order valence-electron chi connectivity index (χ1n) is 7.81. The minimum atomic E-state index is 0.476. The van der Waals surface area contributed by atoms with E-state index in [9.17, 15) is 0 Å². The van der Waals surface area contributed by atoms with E-state index in [-0.39, 0.29) is 0 Å². The first-order chi connectivity index (χ1) is 10.1. The molecule has 2 atom stereocenters. The van der Waals surface area contributed by atoms with Gasteiger partial charge in [0.25, 0.3) is 0 Å². The maximum absolute atomic E-state index is 6.24. The number of aromatic nitrogens is 1. The molecule has 1 aromatic carbocycles. The summed E-state index contributed by atoms with van der Waals surface area (Å²) in [7, 11) is 0. The summed E-state index contributed by atoms with van der Waals surface area (Å²) in [5.41, 5.74) is 9.11. The maximum Gasteiger partial charge on any atom is 0.0460 e. The number of fused-ring (bicyclic) bond motifs is 1. The van der Waals surface area contributed by atoms with Gasteiger partial charge in [0.15, 0.2) is 0 Å². The predicted octanol–water partition coefficient (Wildman–Crippen LogP) is 3.90. The van der Waals surface area contributed by atoms with Gasteiger partial charge in [-0.15, -0.1) is 0 Å². The van der Waals surface area contributed by atoms with Crippen LogP contribution < -0.4 is 5.73 Å². The van der Waals surface area contributed by atoms with Crippen LogP contribution >= 0.6 is 11.6 Å². The molecule has 0 radical (unpaired) electrons. The van der Waals surface area contributed by atoms with Crippen LogP contribution in [0.15, 0.2) is 18.2 Å². The van der Waals surface area contributed by atoms with E-state index in [4.69, 9.17) is 17.3 Å². The lowest BCUT2D eigenvalue weighted by molar-refractivity contribution is 0.121. The highest BCUT2D eigenvalue weighted by Crippen LogP contribution is 2.27. The second kappa shape index (κ2) is 5.99. The van der Waals surface area contributed by atoms with Crippen molar-refractivity contribution in [1.29, 1.82) is 0 Å². The zero-order valence-electron chi connectivity index (χ0n) is 12.8. The van der Waals surface area contributed by atoms with E-state index in [1.165, 1.54) is 30.5 Å². The van der Waals surface area contributed by atoms with Gasteiger partial charge < -0.3 is 10.7 Å². The fraction of sp³-hybridized carbons (Fsp3) is 0.529. The minimum absolute atomic E-state index is 0.476. The number of nitrogens with one attached hydrogen (secondary N) is 1. The second-order valence-corrected chi connectivity index (χ2v) is 6.89. The van der Waals surface area contributed by atoms with Gasteiger partial charge in [0.1, 0.15) is 0 Å². The largest absolute Gasteiger partial charge is 0.357 e. The third-order valence-electron chi connectivity index (χ3n) is 4.71. The zero-order chi connectivity index (χ0) is 15.0. The van der Waals surface area contributed by atoms with Crippen LogP contribution in [0.2, 0.25) is 5.02 Å². The second-order valence-electron chi connectivity index (χ2n) is 6.48. The number of halogens is 1. The van der Waals surface area contributed by atoms with Gasteiger partial charge in [0.05, 0.1) is 0 Å². The van der Waals surface area contributed by atoms with E-state index in [0.29, 0.717) is 12.6 Å². The molecular weight excluding hydrogens is 282 g/mol. The molecule has 1 aromatic heterocycles. The van der Waals surface area contributed by atoms with Crippen molar-refractivity contribution in [1.82, 2.24) is 9.88 Å². The van der Waals surface area contributed by atoms with E-state index in [1.807, 2.05) is 6.07 Å². The number of hydrogen-bond acceptors (Lipinski definition) is 2. The molecule has 0 amide bonds. The summed E-state index contributed by atoms with van der Waals surface area (Å²) in [5.74, 6) is 0.852. The molecule has 0 spiro atoms. The van der Waals surface area contributed by atoms with Gasteiger partial charge in [-0.1, -0.05) is 18.5 Å². The molecule has 3 rings (SSSR count). The first kappa shape index (κ1) is 14.9. The van der Waals surface area contributed by atoms with Crippen LogP contribution in [0.1, 0.15) is 37.9 Å². The Labute approximate surface area is 131 Å². The molecular formula is C17H24ClN3. The minimum Gasteiger partial charge on any atom is -0.357 e. The van der Waals surface area contributed by atoms with Crippen molar-refractivity contribution >= 4 is 22.5 Å². The molecule has 0 bridgehead atoms. The zero-order valence-corrected chi connectivity index (χ0v) is 13.6. The van der Waals surface area contributed by atoms with Crippen molar-refractivity contribution in [3.63, 3.8) is 0 Å². The third-order valence-corrected chi connectivity index (χ3v) is 5.06. The first-order valence-corrected chi connectivity index (χ1v) is 8.18. The normalized spacial score (nSPS) is 23.8. The molecule has 1 aliphatic heterocycles. The van der Waals surface area contributed by atoms with E-state index in [0.717, 1.165) is 28.6 Å². The summed E-state index contributed by atoms with van der Waals surface area (Å²) in [5, 5.41) is 1.93. The number of hydrogen-bond donors (Lipinski definition) is 2. The third kappa shape index (κ3) is 3.10. The number of H-pyrrole nitrogens is 1. The van der Waals surface area contributed by atoms with E-state index < -0.39 is 0 Å². The van der Waals surface area contributed by atoms with E-state index >= 15 is 0 Å². The van der Waals surface area contributed by atoms with Gasteiger partial charge >= 0.3 is 0 Å². The molecule has 0 unspecified atom stereocenters. The summed E-state index contributed by atoms with van der Waals surface area (Å²) < 4.78 is 0. The van der Waals surface area contributed by atoms with Crippen LogP contribution in [-0.4, -0.2) is 22.5 Å². The Bertz CT molecular complexity index is 634. The quantitative estimate of drug-likeness (QED) is 0.903. The van der Waals surface area contributed by atoms with Crippen LogP contribution in [0, 0.1) is 5.92 Å². The molecule has 3 nitrogen and oxygen atoms in total. The average molecular weight is 306 g/mol. The molecule has 1 aliphatic rings. The monoisotopic (exact) mass is 305 g/mol. The molecule has 114 valence electrons. The standard InChI is InChI=1S/C17H24ClN3/c1-11-3-4-21(12(2)5-11)10-15-6-13-7-16(18)14(9-19)8-17(13)20-15/h6-8,11-12,20H,3-5,9-10,19H2,1-2H3/t11-,12-/m0/s1. The van der Waals surface area contributed by atoms with Crippen molar-refractivity contribution in [2.45, 2.75) is 45.8 Å². The van der Waals surface area contributed by atoms with Crippen LogP contribution in [0.25, 0.3) is 10.9 Å². The van der Waals surface area contributed by atoms with Gasteiger partial charge in [-0.25, -0.2) is 0 Å². The lowest BCUT2D eigenvalue weighted by Crippen LogP contribution is -2.39. The van der Waals surface area contributed by atoms with Crippen molar-refractivity contribution in [3.8, 4) is 0 Å². The molecule has 2 heterocycles. The molecule has 0 saturated carbocycles. The molecule has 1 fully saturated rings. The summed E-state index contributed by atoms with van der Waals surface area (Å²) in [4.78, 5) is 6.09. The van der Waals surface area contributed by atoms with Gasteiger partial charge in [-0.2, -0.15) is 0 Å². The van der Waals surface area contributed by atoms with Crippen LogP contribution in [-0.2, 0) is 13.1 Å². The topological polar surface area (TPSA) is 45.0 Å². The van der Waals surface area contributed by atoms with Crippen LogP contribution in [0.3, 0.4) is 0 Å². The highest BCUT2D eigenvalue weighted by atomic mass is 35.5. The fourth-order valence-corrected chi connectivity index (χ4v) is 3.66. The van der Waals surface area contributed by atoms with E-state index in [2.05, 4.69) is 35.9 Å². The maximum atomic E-state index is 6.24. The Morgan fingerprint density at radius 1 is 1.33 bits per heavy atom. The molecule has 21 heavy (non-hydrogen) atoms. The van der Waals surface area contributed by atoms with Gasteiger partial charge in [-0.05, 0) is 56.0 Å². The SMILES string of the molecule is C[C@H]1CCN(Cc2cc3cc(Cl)c(CN)cc3[nH]2)[C@@H](C)C1. The van der Waals surface area contributed by atoms with Crippen molar-refractivity contribution in [2.75, 3.05) is 6.54 Å². The number of nitrogens with two attached hydrogens (primary N) is 1. The van der Waals surface area contributed by atoms with Gasteiger partial charge in [0, 0.05) is 40.8 Å². The summed E-state index contributed by atoms with van der Waals surface area (Å²) in [6, 6.07) is 6.96.